The van der Waals surface area contributed by atoms with Gasteiger partial charge in [0.05, 0.1) is 33.4 Å². The number of benzene rings is 2. The summed E-state index contributed by atoms with van der Waals surface area (Å²) in [5.74, 6) is 0.636. The number of ether oxygens (including phenoxy) is 3. The number of methoxy groups -OCH3 is 3. The highest BCUT2D eigenvalue weighted by Crippen LogP contribution is 2.39. The fourth-order valence-electron chi connectivity index (χ4n) is 3.94. The number of amides is 1. The number of hydrogen-bond acceptors (Lipinski definition) is 7. The average Bonchev–Trinajstić information content (AvgIpc) is 3.33. The van der Waals surface area contributed by atoms with Crippen LogP contribution in [0, 0.1) is 0 Å². The second-order valence-electron chi connectivity index (χ2n) is 7.93. The Morgan fingerprint density at radius 3 is 2.22 bits per heavy atom. The van der Waals surface area contributed by atoms with E-state index in [0.717, 1.165) is 10.1 Å². The number of aromatic nitrogens is 4. The third kappa shape index (κ3) is 4.67. The van der Waals surface area contributed by atoms with Crippen LogP contribution < -0.4 is 30.8 Å². The zero-order valence-electron chi connectivity index (χ0n) is 20.5. The molecule has 11 nitrogen and oxygen atoms in total. The van der Waals surface area contributed by atoms with Gasteiger partial charge in [-0.15, -0.1) is 0 Å². The van der Waals surface area contributed by atoms with Crippen molar-refractivity contribution in [3.8, 4) is 17.2 Å². The SMILES string of the molecule is CCn1cc2c(n1)c(=O)n(Cc1ccccc1)c(=O)n2CC(=O)Nc1cc(OC)c(OC)c(OC)c1. The summed E-state index contributed by atoms with van der Waals surface area (Å²) in [5.41, 5.74) is 0.462. The first-order valence-electron chi connectivity index (χ1n) is 11.2. The normalized spacial score (nSPS) is 10.9. The molecule has 0 unspecified atom stereocenters. The molecule has 0 fully saturated rings. The molecule has 0 spiro atoms. The number of nitrogens with zero attached hydrogens (tertiary/aromatic N) is 4. The minimum atomic E-state index is -0.605. The fourth-order valence-corrected chi connectivity index (χ4v) is 3.94. The quantitative estimate of drug-likeness (QED) is 0.379. The lowest BCUT2D eigenvalue weighted by atomic mass is 10.2. The molecule has 1 amide bonds. The van der Waals surface area contributed by atoms with Gasteiger partial charge in [0, 0.05) is 30.6 Å². The van der Waals surface area contributed by atoms with Crippen LogP contribution >= 0.6 is 0 Å². The summed E-state index contributed by atoms with van der Waals surface area (Å²) < 4.78 is 19.9. The number of carbonyl (C=O) groups is 1. The third-order valence-electron chi connectivity index (χ3n) is 5.70. The Bertz CT molecular complexity index is 1490. The molecule has 36 heavy (non-hydrogen) atoms. The van der Waals surface area contributed by atoms with E-state index in [4.69, 9.17) is 14.2 Å². The molecule has 0 aliphatic heterocycles. The first-order chi connectivity index (χ1) is 17.4. The van der Waals surface area contributed by atoms with Crippen LogP contribution in [0.25, 0.3) is 11.0 Å². The molecule has 4 rings (SSSR count). The van der Waals surface area contributed by atoms with Crippen molar-refractivity contribution in [2.45, 2.75) is 26.6 Å². The summed E-state index contributed by atoms with van der Waals surface area (Å²) in [6.07, 6.45) is 1.59. The number of nitrogens with one attached hydrogen (secondary N) is 1. The van der Waals surface area contributed by atoms with E-state index in [2.05, 4.69) is 10.4 Å². The van der Waals surface area contributed by atoms with Crippen LogP contribution in [0.3, 0.4) is 0 Å². The fraction of sp³-hybridized carbons (Fsp3) is 0.280. The molecule has 0 bridgehead atoms. The molecule has 0 aliphatic rings. The molecular formula is C25H27N5O6. The van der Waals surface area contributed by atoms with Crippen LogP contribution in [0.5, 0.6) is 17.2 Å². The van der Waals surface area contributed by atoms with Crippen LogP contribution in [0.1, 0.15) is 12.5 Å². The summed E-state index contributed by atoms with van der Waals surface area (Å²) in [6.45, 7) is 2.09. The first kappa shape index (κ1) is 24.6. The highest BCUT2D eigenvalue weighted by molar-refractivity contribution is 5.92. The average molecular weight is 494 g/mol. The van der Waals surface area contributed by atoms with Crippen molar-refractivity contribution in [1.82, 2.24) is 18.9 Å². The van der Waals surface area contributed by atoms with E-state index >= 15 is 0 Å². The van der Waals surface area contributed by atoms with Crippen molar-refractivity contribution in [2.75, 3.05) is 26.6 Å². The number of hydrogen-bond donors (Lipinski definition) is 1. The maximum Gasteiger partial charge on any atom is 0.332 e. The molecule has 4 aromatic rings. The zero-order chi connectivity index (χ0) is 25.8. The number of fused-ring (bicyclic) bond motifs is 1. The van der Waals surface area contributed by atoms with Crippen LogP contribution in [-0.2, 0) is 24.4 Å². The van der Waals surface area contributed by atoms with Gasteiger partial charge in [0.25, 0.3) is 5.56 Å². The molecule has 0 aliphatic carbocycles. The van der Waals surface area contributed by atoms with Crippen molar-refractivity contribution in [1.29, 1.82) is 0 Å². The summed E-state index contributed by atoms with van der Waals surface area (Å²) in [7, 11) is 4.43. The third-order valence-corrected chi connectivity index (χ3v) is 5.70. The molecule has 2 heterocycles. The largest absolute Gasteiger partial charge is 0.493 e. The Morgan fingerprint density at radius 1 is 0.972 bits per heavy atom. The number of rotatable bonds is 9. The standard InChI is InChI=1S/C25H27N5O6/c1-5-28-14-18-22(27-28)24(32)30(13-16-9-7-6-8-10-16)25(33)29(18)15-21(31)26-17-11-19(34-2)23(36-4)20(12-17)35-3/h6-12,14H,5,13,15H2,1-4H3,(H,26,31). The summed E-state index contributed by atoms with van der Waals surface area (Å²) in [6, 6.07) is 12.3. The molecule has 188 valence electrons. The molecule has 0 saturated carbocycles. The van der Waals surface area contributed by atoms with Crippen LogP contribution in [-0.4, -0.2) is 46.2 Å². The second kappa shape index (κ2) is 10.4. The minimum Gasteiger partial charge on any atom is -0.493 e. The molecule has 1 N–H and O–H groups in total. The Morgan fingerprint density at radius 2 is 1.64 bits per heavy atom. The lowest BCUT2D eigenvalue weighted by Crippen LogP contribution is -2.41. The summed E-state index contributed by atoms with van der Waals surface area (Å²) >= 11 is 0. The van der Waals surface area contributed by atoms with Crippen LogP contribution in [0.4, 0.5) is 5.69 Å². The highest BCUT2D eigenvalue weighted by atomic mass is 16.5. The second-order valence-corrected chi connectivity index (χ2v) is 7.93. The Labute approximate surface area is 206 Å². The Hall–Kier alpha value is -4.54. The van der Waals surface area contributed by atoms with E-state index in [9.17, 15) is 14.4 Å². The molecular weight excluding hydrogens is 466 g/mol. The van der Waals surface area contributed by atoms with Gasteiger partial charge in [-0.2, -0.15) is 5.10 Å². The molecule has 0 atom stereocenters. The van der Waals surface area contributed by atoms with Gasteiger partial charge in [-0.3, -0.25) is 23.4 Å². The first-order valence-corrected chi connectivity index (χ1v) is 11.2. The Balaban J connectivity index is 1.74. The van der Waals surface area contributed by atoms with E-state index in [-0.39, 0.29) is 24.1 Å². The monoisotopic (exact) mass is 493 g/mol. The lowest BCUT2D eigenvalue weighted by molar-refractivity contribution is -0.116. The molecule has 0 saturated heterocycles. The molecule has 2 aromatic carbocycles. The number of carbonyl (C=O) groups excluding carboxylic acids is 1. The van der Waals surface area contributed by atoms with Crippen molar-refractivity contribution >= 4 is 22.6 Å². The van der Waals surface area contributed by atoms with Crippen molar-refractivity contribution in [3.63, 3.8) is 0 Å². The van der Waals surface area contributed by atoms with E-state index in [0.29, 0.717) is 29.5 Å². The molecule has 0 radical (unpaired) electrons. The molecule has 11 heteroatoms. The van der Waals surface area contributed by atoms with E-state index in [1.54, 1.807) is 23.0 Å². The topological polar surface area (TPSA) is 119 Å². The van der Waals surface area contributed by atoms with Gasteiger partial charge in [0.2, 0.25) is 11.7 Å². The van der Waals surface area contributed by atoms with Crippen LogP contribution in [0.15, 0.2) is 58.3 Å². The smallest absolute Gasteiger partial charge is 0.332 e. The van der Waals surface area contributed by atoms with E-state index < -0.39 is 17.2 Å². The van der Waals surface area contributed by atoms with Gasteiger partial charge in [-0.25, -0.2) is 4.79 Å². The number of anilines is 1. The van der Waals surface area contributed by atoms with Gasteiger partial charge in [0.15, 0.2) is 17.0 Å². The van der Waals surface area contributed by atoms with E-state index in [1.807, 2.05) is 37.3 Å². The van der Waals surface area contributed by atoms with Gasteiger partial charge >= 0.3 is 5.69 Å². The van der Waals surface area contributed by atoms with Crippen LogP contribution in [0.2, 0.25) is 0 Å². The molecule has 2 aromatic heterocycles. The van der Waals surface area contributed by atoms with Gasteiger partial charge in [-0.05, 0) is 12.5 Å². The Kier molecular flexibility index (Phi) is 7.09. The number of aryl methyl sites for hydroxylation is 1. The van der Waals surface area contributed by atoms with Gasteiger partial charge in [0.1, 0.15) is 6.54 Å². The maximum absolute atomic E-state index is 13.4. The summed E-state index contributed by atoms with van der Waals surface area (Å²) in [4.78, 5) is 39.6. The van der Waals surface area contributed by atoms with Crippen molar-refractivity contribution in [3.05, 3.63) is 75.1 Å². The summed E-state index contributed by atoms with van der Waals surface area (Å²) in [5, 5.41) is 7.09. The zero-order valence-corrected chi connectivity index (χ0v) is 20.5. The predicted molar refractivity (Wildman–Crippen MR) is 134 cm³/mol. The maximum atomic E-state index is 13.4. The predicted octanol–water partition coefficient (Wildman–Crippen LogP) is 2.09. The highest BCUT2D eigenvalue weighted by Gasteiger charge is 2.20. The lowest BCUT2D eigenvalue weighted by Gasteiger charge is -2.15. The van der Waals surface area contributed by atoms with Crippen molar-refractivity contribution < 1.29 is 19.0 Å². The van der Waals surface area contributed by atoms with E-state index in [1.165, 1.54) is 25.9 Å². The van der Waals surface area contributed by atoms with Gasteiger partial charge < -0.3 is 19.5 Å². The van der Waals surface area contributed by atoms with Crippen molar-refractivity contribution in [2.24, 2.45) is 0 Å². The minimum absolute atomic E-state index is 0.0575. The van der Waals surface area contributed by atoms with Gasteiger partial charge in [-0.1, -0.05) is 30.3 Å².